The molecule has 4 rings (SSSR count). The van der Waals surface area contributed by atoms with Crippen molar-refractivity contribution >= 4 is 5.91 Å². The van der Waals surface area contributed by atoms with E-state index in [1.54, 1.807) is 0 Å². The number of morpholine rings is 1. The molecule has 1 amide bonds. The maximum absolute atomic E-state index is 12.7. The fraction of sp³-hybridized carbons (Fsp3) is 0.632. The molecule has 136 valence electrons. The van der Waals surface area contributed by atoms with E-state index in [1.165, 1.54) is 5.56 Å². The van der Waals surface area contributed by atoms with Crippen LogP contribution in [-0.2, 0) is 9.53 Å². The molecule has 2 fully saturated rings. The second kappa shape index (κ2) is 7.22. The molecule has 25 heavy (non-hydrogen) atoms. The molecule has 0 radical (unpaired) electrons. The van der Waals surface area contributed by atoms with E-state index in [4.69, 9.17) is 14.2 Å². The van der Waals surface area contributed by atoms with E-state index in [2.05, 4.69) is 17.0 Å². The highest BCUT2D eigenvalue weighted by atomic mass is 16.6. The predicted molar refractivity (Wildman–Crippen MR) is 93.0 cm³/mol. The molecular weight excluding hydrogens is 320 g/mol. The monoisotopic (exact) mass is 346 g/mol. The van der Waals surface area contributed by atoms with E-state index < -0.39 is 0 Å². The zero-order chi connectivity index (χ0) is 17.2. The number of amides is 1. The van der Waals surface area contributed by atoms with Crippen LogP contribution in [0.15, 0.2) is 18.2 Å². The Balaban J connectivity index is 1.44. The van der Waals surface area contributed by atoms with Crippen LogP contribution in [0.5, 0.6) is 11.5 Å². The van der Waals surface area contributed by atoms with Gasteiger partial charge in [0, 0.05) is 19.1 Å². The minimum absolute atomic E-state index is 0.130. The van der Waals surface area contributed by atoms with Crippen molar-refractivity contribution in [3.63, 3.8) is 0 Å². The van der Waals surface area contributed by atoms with Gasteiger partial charge < -0.3 is 19.1 Å². The van der Waals surface area contributed by atoms with Crippen molar-refractivity contribution in [3.8, 4) is 11.5 Å². The summed E-state index contributed by atoms with van der Waals surface area (Å²) in [6.45, 7) is 6.70. The zero-order valence-corrected chi connectivity index (χ0v) is 14.8. The van der Waals surface area contributed by atoms with Crippen molar-refractivity contribution < 1.29 is 19.0 Å². The lowest BCUT2D eigenvalue weighted by Gasteiger charge is -2.33. The quantitative estimate of drug-likeness (QED) is 0.836. The molecule has 1 aromatic carbocycles. The van der Waals surface area contributed by atoms with E-state index in [0.717, 1.165) is 30.9 Å². The SMILES string of the molecule is C[C@H]1CN(C(=O)CN2CCC[C@H]2c2ccc3c(c2)OCCO3)CCO1. The number of rotatable bonds is 3. The van der Waals surface area contributed by atoms with Gasteiger partial charge in [-0.15, -0.1) is 0 Å². The molecule has 2 atom stereocenters. The van der Waals surface area contributed by atoms with Gasteiger partial charge in [-0.05, 0) is 44.0 Å². The van der Waals surface area contributed by atoms with Crippen LogP contribution < -0.4 is 9.47 Å². The minimum Gasteiger partial charge on any atom is -0.486 e. The third-order valence-electron chi connectivity index (χ3n) is 5.25. The van der Waals surface area contributed by atoms with Gasteiger partial charge in [0.15, 0.2) is 11.5 Å². The molecule has 0 aliphatic carbocycles. The highest BCUT2D eigenvalue weighted by molar-refractivity contribution is 5.78. The van der Waals surface area contributed by atoms with Crippen LogP contribution in [0.1, 0.15) is 31.4 Å². The fourth-order valence-electron chi connectivity index (χ4n) is 3.98. The first-order valence-corrected chi connectivity index (χ1v) is 9.23. The molecule has 3 aliphatic heterocycles. The summed E-state index contributed by atoms with van der Waals surface area (Å²) in [5, 5.41) is 0. The third-order valence-corrected chi connectivity index (χ3v) is 5.25. The van der Waals surface area contributed by atoms with Crippen LogP contribution in [0.25, 0.3) is 0 Å². The Kier molecular flexibility index (Phi) is 4.81. The standard InChI is InChI=1S/C19H26N2O4/c1-14-12-21(7-8-23-14)19(22)13-20-6-2-3-16(20)15-4-5-17-18(11-15)25-10-9-24-17/h4-5,11,14,16H,2-3,6-10,12-13H2,1H3/t14-,16-/m0/s1. The number of ether oxygens (including phenoxy) is 3. The fourth-order valence-corrected chi connectivity index (χ4v) is 3.98. The van der Waals surface area contributed by atoms with Gasteiger partial charge in [0.25, 0.3) is 0 Å². The van der Waals surface area contributed by atoms with Crippen molar-refractivity contribution in [2.24, 2.45) is 0 Å². The number of carbonyl (C=O) groups is 1. The molecule has 3 aliphatic rings. The maximum Gasteiger partial charge on any atom is 0.236 e. The maximum atomic E-state index is 12.7. The highest BCUT2D eigenvalue weighted by Gasteiger charge is 2.31. The number of fused-ring (bicyclic) bond motifs is 1. The predicted octanol–water partition coefficient (Wildman–Crippen LogP) is 1.84. The van der Waals surface area contributed by atoms with E-state index in [-0.39, 0.29) is 18.1 Å². The summed E-state index contributed by atoms with van der Waals surface area (Å²) in [5.74, 6) is 1.85. The van der Waals surface area contributed by atoms with Crippen molar-refractivity contribution in [2.45, 2.75) is 31.9 Å². The number of nitrogens with zero attached hydrogens (tertiary/aromatic N) is 2. The van der Waals surface area contributed by atoms with E-state index in [1.807, 2.05) is 17.9 Å². The third kappa shape index (κ3) is 3.60. The number of hydrogen-bond acceptors (Lipinski definition) is 5. The van der Waals surface area contributed by atoms with Crippen molar-refractivity contribution in [2.75, 3.05) is 46.0 Å². The van der Waals surface area contributed by atoms with E-state index >= 15 is 0 Å². The second-order valence-electron chi connectivity index (χ2n) is 7.05. The number of likely N-dealkylation sites (tertiary alicyclic amines) is 1. The molecule has 0 bridgehead atoms. The first-order chi connectivity index (χ1) is 12.2. The molecule has 0 aromatic heterocycles. The zero-order valence-electron chi connectivity index (χ0n) is 14.8. The van der Waals surface area contributed by atoms with Crippen LogP contribution >= 0.6 is 0 Å². The van der Waals surface area contributed by atoms with Gasteiger partial charge in [0.1, 0.15) is 13.2 Å². The Hall–Kier alpha value is -1.79. The van der Waals surface area contributed by atoms with Gasteiger partial charge in [-0.25, -0.2) is 0 Å². The summed E-state index contributed by atoms with van der Waals surface area (Å²) < 4.78 is 16.9. The molecule has 0 spiro atoms. The summed E-state index contributed by atoms with van der Waals surface area (Å²) in [6.07, 6.45) is 2.32. The van der Waals surface area contributed by atoms with Crippen LogP contribution in [0.3, 0.4) is 0 Å². The van der Waals surface area contributed by atoms with Crippen LogP contribution in [-0.4, -0.2) is 67.8 Å². The summed E-state index contributed by atoms with van der Waals surface area (Å²) in [5.41, 5.74) is 1.21. The molecule has 0 unspecified atom stereocenters. The molecular formula is C19H26N2O4. The Morgan fingerprint density at radius 1 is 1.16 bits per heavy atom. The number of hydrogen-bond donors (Lipinski definition) is 0. The molecule has 6 nitrogen and oxygen atoms in total. The van der Waals surface area contributed by atoms with E-state index in [0.29, 0.717) is 39.5 Å². The average molecular weight is 346 g/mol. The van der Waals surface area contributed by atoms with E-state index in [9.17, 15) is 4.79 Å². The first-order valence-electron chi connectivity index (χ1n) is 9.23. The van der Waals surface area contributed by atoms with Crippen LogP contribution in [0.4, 0.5) is 0 Å². The van der Waals surface area contributed by atoms with Crippen molar-refractivity contribution in [1.82, 2.24) is 9.80 Å². The average Bonchev–Trinajstić information content (AvgIpc) is 3.09. The lowest BCUT2D eigenvalue weighted by atomic mass is 10.0. The normalized spacial score (nSPS) is 26.7. The summed E-state index contributed by atoms with van der Waals surface area (Å²) in [6, 6.07) is 6.46. The second-order valence-corrected chi connectivity index (χ2v) is 7.05. The van der Waals surface area contributed by atoms with Crippen LogP contribution in [0.2, 0.25) is 0 Å². The largest absolute Gasteiger partial charge is 0.486 e. The number of benzene rings is 1. The van der Waals surface area contributed by atoms with Gasteiger partial charge in [-0.1, -0.05) is 6.07 Å². The van der Waals surface area contributed by atoms with Gasteiger partial charge in [-0.3, -0.25) is 9.69 Å². The Labute approximate surface area is 148 Å². The lowest BCUT2D eigenvalue weighted by Crippen LogP contribution is -2.48. The number of carbonyl (C=O) groups excluding carboxylic acids is 1. The molecule has 3 heterocycles. The topological polar surface area (TPSA) is 51.2 Å². The molecule has 2 saturated heterocycles. The van der Waals surface area contributed by atoms with Crippen molar-refractivity contribution in [3.05, 3.63) is 23.8 Å². The first kappa shape index (κ1) is 16.7. The minimum atomic E-state index is 0.130. The summed E-state index contributed by atoms with van der Waals surface area (Å²) in [4.78, 5) is 16.9. The van der Waals surface area contributed by atoms with Gasteiger partial charge in [0.2, 0.25) is 5.91 Å². The molecule has 0 saturated carbocycles. The Morgan fingerprint density at radius 3 is 2.84 bits per heavy atom. The summed E-state index contributed by atoms with van der Waals surface area (Å²) in [7, 11) is 0. The Morgan fingerprint density at radius 2 is 2.00 bits per heavy atom. The Bertz CT molecular complexity index is 636. The molecule has 1 aromatic rings. The van der Waals surface area contributed by atoms with Gasteiger partial charge in [0.05, 0.1) is 19.3 Å². The van der Waals surface area contributed by atoms with Crippen LogP contribution in [0, 0.1) is 0 Å². The molecule has 0 N–H and O–H groups in total. The highest BCUT2D eigenvalue weighted by Crippen LogP contribution is 2.37. The summed E-state index contributed by atoms with van der Waals surface area (Å²) >= 11 is 0. The smallest absolute Gasteiger partial charge is 0.236 e. The van der Waals surface area contributed by atoms with Crippen molar-refractivity contribution in [1.29, 1.82) is 0 Å². The van der Waals surface area contributed by atoms with Gasteiger partial charge in [-0.2, -0.15) is 0 Å². The van der Waals surface area contributed by atoms with Gasteiger partial charge >= 0.3 is 0 Å². The lowest BCUT2D eigenvalue weighted by molar-refractivity contribution is -0.139. The molecule has 6 heteroatoms.